The summed E-state index contributed by atoms with van der Waals surface area (Å²) in [4.78, 5) is 0. The molecule has 0 fully saturated rings. The molecule has 0 aliphatic rings. The van der Waals surface area contributed by atoms with Crippen LogP contribution in [-0.2, 0) is 13.6 Å². The van der Waals surface area contributed by atoms with Crippen molar-refractivity contribution in [1.29, 1.82) is 0 Å². The van der Waals surface area contributed by atoms with Crippen molar-refractivity contribution in [1.82, 2.24) is 24.5 Å². The molecule has 6 heteroatoms. The van der Waals surface area contributed by atoms with Gasteiger partial charge in [0.1, 0.15) is 12.7 Å². The number of aromatic nitrogens is 5. The predicted molar refractivity (Wildman–Crippen MR) is 81.4 cm³/mol. The number of hydrogen-bond acceptors (Lipinski definition) is 4. The monoisotopic (exact) mass is 282 g/mol. The summed E-state index contributed by atoms with van der Waals surface area (Å²) in [6, 6.07) is 8.16. The standard InChI is InChI=1S/C15H18N6/c1-11-15(12(2)20(3)19-11)8-16-13-5-4-6-14(7-13)21-9-17-18-10-21/h4-7,9-10,16H,8H2,1-3H3. The van der Waals surface area contributed by atoms with Crippen LogP contribution in [0.4, 0.5) is 5.69 Å². The van der Waals surface area contributed by atoms with Gasteiger partial charge in [-0.1, -0.05) is 6.07 Å². The molecular formula is C15H18N6. The summed E-state index contributed by atoms with van der Waals surface area (Å²) in [6.07, 6.45) is 3.38. The molecule has 0 saturated heterocycles. The van der Waals surface area contributed by atoms with Gasteiger partial charge in [-0.25, -0.2) is 0 Å². The summed E-state index contributed by atoms with van der Waals surface area (Å²) in [5.74, 6) is 0. The van der Waals surface area contributed by atoms with E-state index in [1.807, 2.05) is 35.4 Å². The van der Waals surface area contributed by atoms with Crippen LogP contribution >= 0.6 is 0 Å². The van der Waals surface area contributed by atoms with Crippen molar-refractivity contribution in [3.63, 3.8) is 0 Å². The van der Waals surface area contributed by atoms with Crippen molar-refractivity contribution >= 4 is 5.69 Å². The number of rotatable bonds is 4. The lowest BCUT2D eigenvalue weighted by molar-refractivity contribution is 0.730. The minimum absolute atomic E-state index is 0.761. The number of nitrogens with zero attached hydrogens (tertiary/aromatic N) is 5. The Labute approximate surface area is 123 Å². The van der Waals surface area contributed by atoms with Gasteiger partial charge in [0.15, 0.2) is 0 Å². The van der Waals surface area contributed by atoms with E-state index in [0.717, 1.165) is 23.6 Å². The summed E-state index contributed by atoms with van der Waals surface area (Å²) < 4.78 is 3.80. The van der Waals surface area contributed by atoms with Crippen molar-refractivity contribution < 1.29 is 0 Å². The zero-order valence-electron chi connectivity index (χ0n) is 12.4. The number of nitrogens with one attached hydrogen (secondary N) is 1. The normalized spacial score (nSPS) is 10.8. The van der Waals surface area contributed by atoms with E-state index < -0.39 is 0 Å². The van der Waals surface area contributed by atoms with Crippen LogP contribution in [-0.4, -0.2) is 24.5 Å². The van der Waals surface area contributed by atoms with E-state index in [2.05, 4.69) is 39.7 Å². The molecule has 0 aliphatic carbocycles. The van der Waals surface area contributed by atoms with E-state index in [1.54, 1.807) is 12.7 Å². The van der Waals surface area contributed by atoms with Crippen LogP contribution in [0.15, 0.2) is 36.9 Å². The topological polar surface area (TPSA) is 60.6 Å². The molecule has 0 saturated carbocycles. The zero-order chi connectivity index (χ0) is 14.8. The van der Waals surface area contributed by atoms with Gasteiger partial charge in [0, 0.05) is 30.5 Å². The smallest absolute Gasteiger partial charge is 0.123 e. The molecule has 3 rings (SSSR count). The third kappa shape index (κ3) is 2.65. The van der Waals surface area contributed by atoms with Gasteiger partial charge in [-0.05, 0) is 32.0 Å². The molecular weight excluding hydrogens is 264 g/mol. The van der Waals surface area contributed by atoms with Gasteiger partial charge in [-0.3, -0.25) is 9.25 Å². The maximum absolute atomic E-state index is 4.44. The van der Waals surface area contributed by atoms with Crippen LogP contribution in [0, 0.1) is 13.8 Å². The molecule has 2 aromatic heterocycles. The second-order valence-electron chi connectivity index (χ2n) is 5.05. The lowest BCUT2D eigenvalue weighted by Crippen LogP contribution is -2.03. The molecule has 0 spiro atoms. The molecule has 0 radical (unpaired) electrons. The molecule has 0 atom stereocenters. The van der Waals surface area contributed by atoms with E-state index >= 15 is 0 Å². The molecule has 21 heavy (non-hydrogen) atoms. The predicted octanol–water partition coefficient (Wildman–Crippen LogP) is 2.23. The number of hydrogen-bond donors (Lipinski definition) is 1. The highest BCUT2D eigenvalue weighted by molar-refractivity contribution is 5.51. The summed E-state index contributed by atoms with van der Waals surface area (Å²) >= 11 is 0. The molecule has 0 aliphatic heterocycles. The van der Waals surface area contributed by atoms with Crippen LogP contribution in [0.5, 0.6) is 0 Å². The van der Waals surface area contributed by atoms with Gasteiger partial charge in [-0.15, -0.1) is 10.2 Å². The Morgan fingerprint density at radius 1 is 1.14 bits per heavy atom. The van der Waals surface area contributed by atoms with Crippen LogP contribution in [0.25, 0.3) is 5.69 Å². The first-order valence-corrected chi connectivity index (χ1v) is 6.83. The third-order valence-corrected chi connectivity index (χ3v) is 3.69. The Kier molecular flexibility index (Phi) is 3.43. The molecule has 3 aromatic rings. The SMILES string of the molecule is Cc1nn(C)c(C)c1CNc1cccc(-n2cnnc2)c1. The van der Waals surface area contributed by atoms with Crippen LogP contribution in [0.2, 0.25) is 0 Å². The van der Waals surface area contributed by atoms with E-state index in [-0.39, 0.29) is 0 Å². The average molecular weight is 282 g/mol. The molecule has 0 unspecified atom stereocenters. The van der Waals surface area contributed by atoms with Crippen molar-refractivity contribution in [3.8, 4) is 5.69 Å². The van der Waals surface area contributed by atoms with E-state index in [4.69, 9.17) is 0 Å². The van der Waals surface area contributed by atoms with Gasteiger partial charge in [0.2, 0.25) is 0 Å². The first kappa shape index (κ1) is 13.4. The Morgan fingerprint density at radius 2 is 1.90 bits per heavy atom. The first-order valence-electron chi connectivity index (χ1n) is 6.83. The number of benzene rings is 1. The molecule has 1 N–H and O–H groups in total. The van der Waals surface area contributed by atoms with Crippen LogP contribution in [0.3, 0.4) is 0 Å². The molecule has 108 valence electrons. The fraction of sp³-hybridized carbons (Fsp3) is 0.267. The van der Waals surface area contributed by atoms with Gasteiger partial charge in [-0.2, -0.15) is 5.10 Å². The maximum Gasteiger partial charge on any atom is 0.123 e. The Bertz CT molecular complexity index is 742. The van der Waals surface area contributed by atoms with E-state index in [1.165, 1.54) is 11.3 Å². The van der Waals surface area contributed by atoms with E-state index in [9.17, 15) is 0 Å². The van der Waals surface area contributed by atoms with Crippen molar-refractivity contribution in [3.05, 3.63) is 53.9 Å². The summed E-state index contributed by atoms with van der Waals surface area (Å²) in [5, 5.41) is 15.5. The molecule has 1 aromatic carbocycles. The zero-order valence-corrected chi connectivity index (χ0v) is 12.4. The Morgan fingerprint density at radius 3 is 2.57 bits per heavy atom. The van der Waals surface area contributed by atoms with Gasteiger partial charge in [0.05, 0.1) is 11.4 Å². The number of aryl methyl sites for hydroxylation is 2. The highest BCUT2D eigenvalue weighted by atomic mass is 15.3. The minimum atomic E-state index is 0.761. The van der Waals surface area contributed by atoms with Crippen molar-refractivity contribution in [2.75, 3.05) is 5.32 Å². The average Bonchev–Trinajstić information content (AvgIpc) is 3.08. The lowest BCUT2D eigenvalue weighted by atomic mass is 10.2. The second kappa shape index (κ2) is 5.40. The van der Waals surface area contributed by atoms with Crippen molar-refractivity contribution in [2.45, 2.75) is 20.4 Å². The van der Waals surface area contributed by atoms with Crippen LogP contribution in [0.1, 0.15) is 17.0 Å². The fourth-order valence-electron chi connectivity index (χ4n) is 2.37. The highest BCUT2D eigenvalue weighted by Crippen LogP contribution is 2.17. The number of anilines is 1. The largest absolute Gasteiger partial charge is 0.381 e. The molecule has 6 nitrogen and oxygen atoms in total. The lowest BCUT2D eigenvalue weighted by Gasteiger charge is -2.09. The quantitative estimate of drug-likeness (QED) is 0.797. The first-order chi connectivity index (χ1) is 10.1. The summed E-state index contributed by atoms with van der Waals surface area (Å²) in [7, 11) is 1.97. The highest BCUT2D eigenvalue weighted by Gasteiger charge is 2.08. The Hall–Kier alpha value is -2.63. The van der Waals surface area contributed by atoms with Gasteiger partial charge in [0.25, 0.3) is 0 Å². The fourth-order valence-corrected chi connectivity index (χ4v) is 2.37. The third-order valence-electron chi connectivity index (χ3n) is 3.69. The van der Waals surface area contributed by atoms with Crippen LogP contribution < -0.4 is 5.32 Å². The Balaban J connectivity index is 1.78. The van der Waals surface area contributed by atoms with E-state index in [0.29, 0.717) is 0 Å². The molecule has 2 heterocycles. The summed E-state index contributed by atoms with van der Waals surface area (Å²) in [6.45, 7) is 4.89. The second-order valence-corrected chi connectivity index (χ2v) is 5.05. The molecule has 0 amide bonds. The minimum Gasteiger partial charge on any atom is -0.381 e. The van der Waals surface area contributed by atoms with Gasteiger partial charge < -0.3 is 5.32 Å². The van der Waals surface area contributed by atoms with Gasteiger partial charge >= 0.3 is 0 Å². The maximum atomic E-state index is 4.44. The summed E-state index contributed by atoms with van der Waals surface area (Å²) in [5.41, 5.74) is 5.59. The molecule has 0 bridgehead atoms. The van der Waals surface area contributed by atoms with Crippen molar-refractivity contribution in [2.24, 2.45) is 7.05 Å².